The van der Waals surface area contributed by atoms with Gasteiger partial charge in [-0.25, -0.2) is 4.79 Å². The molecule has 1 saturated heterocycles. The first-order chi connectivity index (χ1) is 16.8. The van der Waals surface area contributed by atoms with Gasteiger partial charge in [-0.15, -0.1) is 0 Å². The van der Waals surface area contributed by atoms with E-state index in [1.807, 2.05) is 39.0 Å². The van der Waals surface area contributed by atoms with Crippen LogP contribution in [0.4, 0.5) is 4.79 Å². The number of hydrogen-bond donors (Lipinski definition) is 0. The Morgan fingerprint density at radius 2 is 1.66 bits per heavy atom. The minimum atomic E-state index is -0.697. The number of amides is 1. The van der Waals surface area contributed by atoms with E-state index < -0.39 is 17.1 Å². The van der Waals surface area contributed by atoms with Crippen molar-refractivity contribution in [1.82, 2.24) is 4.90 Å². The van der Waals surface area contributed by atoms with Crippen LogP contribution >= 0.6 is 0 Å². The Kier molecular flexibility index (Phi) is 7.72. The summed E-state index contributed by atoms with van der Waals surface area (Å²) in [6.45, 7) is 8.41. The molecule has 184 valence electrons. The van der Waals surface area contributed by atoms with Crippen LogP contribution in [0.2, 0.25) is 0 Å². The molecule has 2 aliphatic rings. The molecule has 0 N–H and O–H groups in total. The molecule has 1 aliphatic heterocycles. The summed E-state index contributed by atoms with van der Waals surface area (Å²) < 4.78 is 5.50. The molecule has 0 unspecified atom stereocenters. The number of benzene rings is 2. The van der Waals surface area contributed by atoms with Crippen LogP contribution in [-0.2, 0) is 16.7 Å². The van der Waals surface area contributed by atoms with Gasteiger partial charge in [-0.3, -0.25) is 4.90 Å². The zero-order valence-corrected chi connectivity index (χ0v) is 21.2. The van der Waals surface area contributed by atoms with Crippen molar-refractivity contribution in [3.05, 3.63) is 71.8 Å². The number of ether oxygens (including phenoxy) is 1. The smallest absolute Gasteiger partial charge is 0.434 e. The lowest BCUT2D eigenvalue weighted by molar-refractivity contribution is 0.0602. The van der Waals surface area contributed by atoms with E-state index in [1.54, 1.807) is 0 Å². The molecular weight excluding hydrogens is 434 g/mol. The van der Waals surface area contributed by atoms with Crippen molar-refractivity contribution < 1.29 is 9.53 Å². The quantitative estimate of drug-likeness (QED) is 0.497. The average molecular weight is 472 g/mol. The number of likely N-dealkylation sites (tertiary alicyclic amines) is 1. The minimum absolute atomic E-state index is 0.0758. The molecule has 0 bridgehead atoms. The molecule has 2 atom stereocenters. The highest BCUT2D eigenvalue weighted by Crippen LogP contribution is 2.49. The van der Waals surface area contributed by atoms with Crippen LogP contribution < -0.4 is 0 Å². The van der Waals surface area contributed by atoms with Gasteiger partial charge in [0.25, 0.3) is 0 Å². The highest BCUT2D eigenvalue weighted by molar-refractivity contribution is 5.97. The molecule has 0 spiro atoms. The lowest BCUT2D eigenvalue weighted by atomic mass is 9.59. The predicted octanol–water partition coefficient (Wildman–Crippen LogP) is 6.54. The monoisotopic (exact) mass is 471 g/mol. The Hall–Kier alpha value is -2.97. The lowest BCUT2D eigenvalue weighted by Gasteiger charge is -2.44. The Morgan fingerprint density at radius 1 is 1.03 bits per heavy atom. The van der Waals surface area contributed by atoms with Gasteiger partial charge in [0.2, 0.25) is 0 Å². The van der Waals surface area contributed by atoms with E-state index in [1.165, 1.54) is 5.56 Å². The zero-order valence-electron chi connectivity index (χ0n) is 21.2. The maximum absolute atomic E-state index is 12.6. The Morgan fingerprint density at radius 3 is 2.26 bits per heavy atom. The van der Waals surface area contributed by atoms with E-state index in [0.717, 1.165) is 63.0 Å². The van der Waals surface area contributed by atoms with Crippen LogP contribution in [0.5, 0.6) is 0 Å². The minimum Gasteiger partial charge on any atom is -0.442 e. The first-order valence-corrected chi connectivity index (χ1v) is 12.9. The first-order valence-electron chi connectivity index (χ1n) is 12.9. The third kappa shape index (κ3) is 5.82. The van der Waals surface area contributed by atoms with Gasteiger partial charge in [0.1, 0.15) is 5.60 Å². The Bertz CT molecular complexity index is 1060. The number of nitrogens with zero attached hydrogens (tertiary/aromatic N) is 3. The fourth-order valence-corrected chi connectivity index (χ4v) is 5.91. The van der Waals surface area contributed by atoms with Crippen molar-refractivity contribution in [2.45, 2.75) is 70.4 Å². The predicted molar refractivity (Wildman–Crippen MR) is 139 cm³/mol. The molecule has 0 radical (unpaired) electrons. The number of nitriles is 1. The van der Waals surface area contributed by atoms with Crippen LogP contribution in [0.3, 0.4) is 0 Å². The van der Waals surface area contributed by atoms with E-state index in [-0.39, 0.29) is 11.8 Å². The van der Waals surface area contributed by atoms with Crippen molar-refractivity contribution in [2.24, 2.45) is 16.8 Å². The number of carbonyl (C=O) groups excluding carboxylic acids is 1. The van der Waals surface area contributed by atoms with Gasteiger partial charge in [-0.2, -0.15) is 10.3 Å². The molecule has 5 nitrogen and oxygen atoms in total. The molecule has 1 heterocycles. The van der Waals surface area contributed by atoms with Gasteiger partial charge in [0.05, 0.1) is 11.5 Å². The molecule has 2 fully saturated rings. The first kappa shape index (κ1) is 25.1. The molecule has 2 aromatic carbocycles. The van der Waals surface area contributed by atoms with Crippen molar-refractivity contribution in [3.63, 3.8) is 0 Å². The number of aliphatic imine (C=N–C) groups is 1. The van der Waals surface area contributed by atoms with Crippen LogP contribution in [0.1, 0.15) is 64.0 Å². The normalized spacial score (nSPS) is 22.5. The maximum Gasteiger partial charge on any atom is 0.434 e. The zero-order chi connectivity index (χ0) is 24.9. The molecule has 1 amide bonds. The molecule has 35 heavy (non-hydrogen) atoms. The van der Waals surface area contributed by atoms with Gasteiger partial charge < -0.3 is 4.74 Å². The van der Waals surface area contributed by atoms with E-state index in [2.05, 4.69) is 58.4 Å². The summed E-state index contributed by atoms with van der Waals surface area (Å²) in [7, 11) is 0. The summed E-state index contributed by atoms with van der Waals surface area (Å²) in [5, 5.41) is 10.8. The fraction of sp³-hybridized carbons (Fsp3) is 0.500. The molecule has 2 aromatic rings. The number of rotatable bonds is 5. The Balaban J connectivity index is 1.61. The van der Waals surface area contributed by atoms with Crippen LogP contribution in [0.25, 0.3) is 0 Å². The van der Waals surface area contributed by atoms with Gasteiger partial charge >= 0.3 is 6.09 Å². The summed E-state index contributed by atoms with van der Waals surface area (Å²) in [6, 6.07) is 23.6. The standard InChI is InChI=1S/C30H37N3O2/c1-29(2,3)35-28(34)32-27-16-10-15-26(27)30(22-31,24-13-8-5-9-14-24)25-17-19-33(20-18-25)21-23-11-6-4-7-12-23/h4-9,11-14,25-26H,10,15-21H2,1-3H3/t26-,30+/m0/s1. The number of hydrogen-bond acceptors (Lipinski definition) is 4. The Labute approximate surface area is 209 Å². The summed E-state index contributed by atoms with van der Waals surface area (Å²) in [5.41, 5.74) is 1.91. The fourth-order valence-electron chi connectivity index (χ4n) is 5.91. The average Bonchev–Trinajstić information content (AvgIpc) is 3.29. The molecule has 4 rings (SSSR count). The van der Waals surface area contributed by atoms with E-state index in [4.69, 9.17) is 4.74 Å². The number of carbonyl (C=O) groups is 1. The molecule has 0 aromatic heterocycles. The maximum atomic E-state index is 12.6. The highest BCUT2D eigenvalue weighted by atomic mass is 16.6. The SMILES string of the molecule is CC(C)(C)OC(=O)N=C1CCC[C@@H]1[C@](C#N)(c1ccccc1)C1CCN(Cc2ccccc2)CC1. The second-order valence-corrected chi connectivity index (χ2v) is 10.9. The third-order valence-corrected chi connectivity index (χ3v) is 7.42. The van der Waals surface area contributed by atoms with E-state index in [9.17, 15) is 10.1 Å². The van der Waals surface area contributed by atoms with Gasteiger partial charge in [-0.05, 0) is 83.0 Å². The highest BCUT2D eigenvalue weighted by Gasteiger charge is 2.51. The van der Waals surface area contributed by atoms with Crippen molar-refractivity contribution in [3.8, 4) is 6.07 Å². The summed E-state index contributed by atoms with van der Waals surface area (Å²) >= 11 is 0. The molecule has 5 heteroatoms. The lowest BCUT2D eigenvalue weighted by Crippen LogP contribution is -2.48. The van der Waals surface area contributed by atoms with Crippen LogP contribution in [0, 0.1) is 23.2 Å². The van der Waals surface area contributed by atoms with Gasteiger partial charge in [0.15, 0.2) is 0 Å². The molecule has 1 aliphatic carbocycles. The molecular formula is C30H37N3O2. The summed E-state index contributed by atoms with van der Waals surface area (Å²) in [4.78, 5) is 19.5. The second kappa shape index (κ2) is 10.7. The van der Waals surface area contributed by atoms with Gasteiger partial charge in [-0.1, -0.05) is 60.7 Å². The second-order valence-electron chi connectivity index (χ2n) is 10.9. The summed E-state index contributed by atoms with van der Waals surface area (Å²) in [5.74, 6) is 0.127. The third-order valence-electron chi connectivity index (χ3n) is 7.42. The topological polar surface area (TPSA) is 65.7 Å². The van der Waals surface area contributed by atoms with Gasteiger partial charge in [0, 0.05) is 18.2 Å². The van der Waals surface area contributed by atoms with Crippen molar-refractivity contribution >= 4 is 11.8 Å². The van der Waals surface area contributed by atoms with E-state index in [0.29, 0.717) is 0 Å². The van der Waals surface area contributed by atoms with Crippen molar-refractivity contribution in [1.29, 1.82) is 5.26 Å². The molecule has 1 saturated carbocycles. The van der Waals surface area contributed by atoms with Crippen LogP contribution in [-0.4, -0.2) is 35.4 Å². The van der Waals surface area contributed by atoms with E-state index >= 15 is 0 Å². The van der Waals surface area contributed by atoms with Crippen molar-refractivity contribution in [2.75, 3.05) is 13.1 Å². The summed E-state index contributed by atoms with van der Waals surface area (Å²) in [6.07, 6.45) is 3.91. The number of piperidine rings is 1. The largest absolute Gasteiger partial charge is 0.442 e. The van der Waals surface area contributed by atoms with Crippen LogP contribution in [0.15, 0.2) is 65.7 Å².